The van der Waals surface area contributed by atoms with Crippen molar-refractivity contribution >= 4 is 0 Å². The Bertz CT molecular complexity index is 856. The molecule has 2 saturated heterocycles. The summed E-state index contributed by atoms with van der Waals surface area (Å²) in [6.07, 6.45) is 5.66. The van der Waals surface area contributed by atoms with Gasteiger partial charge in [0.1, 0.15) is 24.4 Å². The predicted octanol–water partition coefficient (Wildman–Crippen LogP) is 5.97. The molecule has 3 nitrogen and oxygen atoms in total. The molecule has 2 fully saturated rings. The molecule has 2 aliphatic rings. The van der Waals surface area contributed by atoms with Gasteiger partial charge in [-0.05, 0) is 85.0 Å². The Hall–Kier alpha value is -2.20. The normalized spacial score (nSPS) is 21.4. The molecule has 2 heterocycles. The predicted molar refractivity (Wildman–Crippen MR) is 126 cm³/mol. The van der Waals surface area contributed by atoms with Crippen LogP contribution in [0.5, 0.6) is 0 Å². The Kier molecular flexibility index (Phi) is 6.47. The van der Waals surface area contributed by atoms with E-state index in [9.17, 15) is 0 Å². The van der Waals surface area contributed by atoms with Gasteiger partial charge in [0.25, 0.3) is 0 Å². The van der Waals surface area contributed by atoms with E-state index in [4.69, 9.17) is 14.2 Å². The summed E-state index contributed by atoms with van der Waals surface area (Å²) in [5.41, 5.74) is 10.1. The second kappa shape index (κ2) is 9.12. The van der Waals surface area contributed by atoms with Gasteiger partial charge in [-0.2, -0.15) is 0 Å². The molecule has 0 radical (unpaired) electrons. The van der Waals surface area contributed by atoms with Crippen molar-refractivity contribution in [1.82, 2.24) is 0 Å². The van der Waals surface area contributed by atoms with Crippen LogP contribution in [-0.2, 0) is 27.1 Å². The number of ether oxygens (including phenoxy) is 3. The topological polar surface area (TPSA) is 34.3 Å². The molecule has 0 saturated carbocycles. The van der Waals surface area contributed by atoms with Gasteiger partial charge < -0.3 is 14.2 Å². The van der Waals surface area contributed by atoms with Gasteiger partial charge in [0.2, 0.25) is 0 Å². The van der Waals surface area contributed by atoms with Gasteiger partial charge in [-0.15, -0.1) is 13.2 Å². The van der Waals surface area contributed by atoms with E-state index < -0.39 is 0 Å². The van der Waals surface area contributed by atoms with Crippen molar-refractivity contribution < 1.29 is 14.2 Å². The first-order valence-corrected chi connectivity index (χ1v) is 11.2. The highest BCUT2D eigenvalue weighted by Crippen LogP contribution is 2.44. The first-order chi connectivity index (χ1) is 14.9. The monoisotopic (exact) mass is 418 g/mol. The third kappa shape index (κ3) is 4.85. The Balaban J connectivity index is 1.69. The second-order valence-corrected chi connectivity index (χ2v) is 8.99. The molecule has 3 heteroatoms. The zero-order chi connectivity index (χ0) is 22.1. The van der Waals surface area contributed by atoms with Crippen LogP contribution in [0.2, 0.25) is 0 Å². The van der Waals surface area contributed by atoms with Crippen molar-refractivity contribution in [2.24, 2.45) is 0 Å². The molecule has 4 rings (SSSR count). The van der Waals surface area contributed by atoms with E-state index in [0.29, 0.717) is 0 Å². The molecule has 0 spiro atoms. The average molecular weight is 419 g/mol. The van der Waals surface area contributed by atoms with E-state index in [-0.39, 0.29) is 24.4 Å². The minimum absolute atomic E-state index is 0.0985. The number of benzene rings is 2. The van der Waals surface area contributed by atoms with Crippen LogP contribution < -0.4 is 0 Å². The SMILES string of the molecule is C=CCc1cc(C)c(C(OC(c2c(C)cc(CC=C)cc2C)C2CO2)C2CO2)c(C)c1. The largest absolute Gasteiger partial charge is 0.370 e. The van der Waals surface area contributed by atoms with Crippen LogP contribution in [0.1, 0.15) is 56.7 Å². The molecule has 2 aromatic rings. The molecule has 4 unspecified atom stereocenters. The average Bonchev–Trinajstić information content (AvgIpc) is 3.59. The lowest BCUT2D eigenvalue weighted by atomic mass is 9.90. The van der Waals surface area contributed by atoms with Crippen molar-refractivity contribution in [3.05, 3.63) is 94.1 Å². The highest BCUT2D eigenvalue weighted by Gasteiger charge is 2.43. The summed E-state index contributed by atoms with van der Waals surface area (Å²) in [7, 11) is 0. The van der Waals surface area contributed by atoms with Crippen molar-refractivity contribution in [3.63, 3.8) is 0 Å². The summed E-state index contributed by atoms with van der Waals surface area (Å²) in [4.78, 5) is 0. The molecule has 0 aliphatic carbocycles. The summed E-state index contributed by atoms with van der Waals surface area (Å²) in [6, 6.07) is 9.02. The Morgan fingerprint density at radius 2 is 1.10 bits per heavy atom. The molecule has 0 N–H and O–H groups in total. The fourth-order valence-corrected chi connectivity index (χ4v) is 4.90. The van der Waals surface area contributed by atoms with Gasteiger partial charge in [-0.3, -0.25) is 0 Å². The zero-order valence-electron chi connectivity index (χ0n) is 19.2. The summed E-state index contributed by atoms with van der Waals surface area (Å²) in [6.45, 7) is 18.0. The number of aryl methyl sites for hydroxylation is 4. The van der Waals surface area contributed by atoms with Crippen LogP contribution >= 0.6 is 0 Å². The zero-order valence-corrected chi connectivity index (χ0v) is 19.2. The third-order valence-electron chi connectivity index (χ3n) is 6.32. The van der Waals surface area contributed by atoms with E-state index in [1.54, 1.807) is 0 Å². The van der Waals surface area contributed by atoms with E-state index in [1.165, 1.54) is 44.5 Å². The maximum Gasteiger partial charge on any atom is 0.112 e. The van der Waals surface area contributed by atoms with Crippen LogP contribution in [0.4, 0.5) is 0 Å². The molecular formula is C28H34O3. The highest BCUT2D eigenvalue weighted by atomic mass is 16.6. The van der Waals surface area contributed by atoms with Crippen LogP contribution in [0.3, 0.4) is 0 Å². The molecule has 0 aromatic heterocycles. The number of epoxide rings is 2. The molecule has 2 aliphatic heterocycles. The van der Waals surface area contributed by atoms with Crippen molar-refractivity contribution in [2.45, 2.75) is 65.0 Å². The van der Waals surface area contributed by atoms with Gasteiger partial charge in [0.15, 0.2) is 0 Å². The van der Waals surface area contributed by atoms with E-state index in [2.05, 4.69) is 65.1 Å². The first kappa shape index (κ1) is 22.0. The van der Waals surface area contributed by atoms with Gasteiger partial charge >= 0.3 is 0 Å². The summed E-state index contributed by atoms with van der Waals surface area (Å²) >= 11 is 0. The first-order valence-electron chi connectivity index (χ1n) is 11.2. The highest BCUT2D eigenvalue weighted by molar-refractivity contribution is 5.43. The molecular weight excluding hydrogens is 384 g/mol. The lowest BCUT2D eigenvalue weighted by Crippen LogP contribution is -2.22. The van der Waals surface area contributed by atoms with Crippen LogP contribution in [0, 0.1) is 27.7 Å². The fraction of sp³-hybridized carbons (Fsp3) is 0.429. The third-order valence-corrected chi connectivity index (χ3v) is 6.32. The minimum Gasteiger partial charge on any atom is -0.370 e. The van der Waals surface area contributed by atoms with Gasteiger partial charge in [0, 0.05) is 0 Å². The number of hydrogen-bond donors (Lipinski definition) is 0. The van der Waals surface area contributed by atoms with E-state index in [0.717, 1.165) is 26.1 Å². The summed E-state index contributed by atoms with van der Waals surface area (Å²) in [5, 5.41) is 0. The smallest absolute Gasteiger partial charge is 0.112 e. The molecule has 2 aromatic carbocycles. The second-order valence-electron chi connectivity index (χ2n) is 8.99. The van der Waals surface area contributed by atoms with Crippen molar-refractivity contribution in [2.75, 3.05) is 13.2 Å². The number of rotatable bonds is 10. The van der Waals surface area contributed by atoms with Gasteiger partial charge in [0.05, 0.1) is 13.2 Å². The maximum absolute atomic E-state index is 6.90. The Morgan fingerprint density at radius 3 is 1.35 bits per heavy atom. The molecule has 4 atom stereocenters. The number of hydrogen-bond acceptors (Lipinski definition) is 3. The summed E-state index contributed by atoms with van der Waals surface area (Å²) in [5.74, 6) is 0. The minimum atomic E-state index is -0.0985. The molecule has 0 bridgehead atoms. The Morgan fingerprint density at radius 1 is 0.774 bits per heavy atom. The van der Waals surface area contributed by atoms with Gasteiger partial charge in [-0.1, -0.05) is 36.4 Å². The quantitative estimate of drug-likeness (QED) is 0.352. The van der Waals surface area contributed by atoms with Crippen molar-refractivity contribution in [1.29, 1.82) is 0 Å². The van der Waals surface area contributed by atoms with Crippen LogP contribution in [0.25, 0.3) is 0 Å². The van der Waals surface area contributed by atoms with Crippen LogP contribution in [-0.4, -0.2) is 25.4 Å². The summed E-state index contributed by atoms with van der Waals surface area (Å²) < 4.78 is 18.4. The molecule has 164 valence electrons. The van der Waals surface area contributed by atoms with Crippen LogP contribution in [0.15, 0.2) is 49.6 Å². The lowest BCUT2D eigenvalue weighted by Gasteiger charge is -2.28. The number of allylic oxidation sites excluding steroid dienone is 2. The maximum atomic E-state index is 6.90. The van der Waals surface area contributed by atoms with Crippen molar-refractivity contribution in [3.8, 4) is 0 Å². The fourth-order valence-electron chi connectivity index (χ4n) is 4.90. The molecule has 31 heavy (non-hydrogen) atoms. The lowest BCUT2D eigenvalue weighted by molar-refractivity contribution is -0.0430. The van der Waals surface area contributed by atoms with E-state index >= 15 is 0 Å². The molecule has 0 amide bonds. The standard InChI is InChI=1S/C28H34O3/c1-7-9-21-11-17(3)25(18(4)12-21)27(23-15-29-23)31-28(24-16-30-24)26-19(5)13-22(10-8-2)14-20(26)6/h7-8,11-14,23-24,27-28H,1-2,9-10,15-16H2,3-6H3. The Labute approximate surface area is 186 Å². The van der Waals surface area contributed by atoms with Gasteiger partial charge in [-0.25, -0.2) is 0 Å². The van der Waals surface area contributed by atoms with E-state index in [1.807, 2.05) is 12.2 Å².